The van der Waals surface area contributed by atoms with Crippen molar-refractivity contribution in [3.63, 3.8) is 0 Å². The summed E-state index contributed by atoms with van der Waals surface area (Å²) in [4.78, 5) is 38.6. The number of esters is 1. The largest absolute Gasteiger partial charge is 0.461 e. The average Bonchev–Trinajstić information content (AvgIpc) is 3.18. The molecule has 1 saturated heterocycles. The lowest BCUT2D eigenvalue weighted by Crippen LogP contribution is -2.33. The summed E-state index contributed by atoms with van der Waals surface area (Å²) in [5, 5.41) is 4.56. The fraction of sp³-hybridized carbons (Fsp3) is 0.478. The van der Waals surface area contributed by atoms with Gasteiger partial charge in [-0.1, -0.05) is 31.0 Å². The van der Waals surface area contributed by atoms with E-state index in [1.54, 1.807) is 0 Å². The van der Waals surface area contributed by atoms with Crippen LogP contribution in [0.25, 0.3) is 5.69 Å². The molecule has 30 heavy (non-hydrogen) atoms. The SMILES string of the molecule is Cc1nn(-c2ccccc2)c(C)c1COC(=O)CCN1C(=O)[C@@H]2CCCC[C@H]2C1=O. The van der Waals surface area contributed by atoms with Crippen molar-refractivity contribution < 1.29 is 19.1 Å². The van der Waals surface area contributed by atoms with Crippen molar-refractivity contribution in [2.75, 3.05) is 6.54 Å². The van der Waals surface area contributed by atoms with Crippen molar-refractivity contribution in [1.29, 1.82) is 0 Å². The van der Waals surface area contributed by atoms with Crippen LogP contribution in [0.4, 0.5) is 0 Å². The van der Waals surface area contributed by atoms with E-state index in [1.807, 2.05) is 48.9 Å². The number of carbonyl (C=O) groups excluding carboxylic acids is 3. The molecule has 0 unspecified atom stereocenters. The molecule has 2 amide bonds. The van der Waals surface area contributed by atoms with Gasteiger partial charge < -0.3 is 4.74 Å². The number of aromatic nitrogens is 2. The van der Waals surface area contributed by atoms with Crippen LogP contribution in [0, 0.1) is 25.7 Å². The van der Waals surface area contributed by atoms with Gasteiger partial charge >= 0.3 is 5.97 Å². The number of hydrogen-bond acceptors (Lipinski definition) is 5. The normalized spacial score (nSPS) is 21.1. The summed E-state index contributed by atoms with van der Waals surface area (Å²) in [6.07, 6.45) is 3.55. The van der Waals surface area contributed by atoms with Gasteiger partial charge in [0.2, 0.25) is 11.8 Å². The zero-order valence-electron chi connectivity index (χ0n) is 17.5. The number of ether oxygens (including phenoxy) is 1. The van der Waals surface area contributed by atoms with Gasteiger partial charge in [0.1, 0.15) is 6.61 Å². The van der Waals surface area contributed by atoms with Gasteiger partial charge in [0, 0.05) is 17.8 Å². The molecule has 2 fully saturated rings. The van der Waals surface area contributed by atoms with Gasteiger partial charge in [0.25, 0.3) is 0 Å². The summed E-state index contributed by atoms with van der Waals surface area (Å²) in [6, 6.07) is 9.78. The number of nitrogens with zero attached hydrogens (tertiary/aromatic N) is 3. The molecule has 0 N–H and O–H groups in total. The summed E-state index contributed by atoms with van der Waals surface area (Å²) in [7, 11) is 0. The third-order valence-electron chi connectivity index (χ3n) is 6.29. The number of aryl methyl sites for hydroxylation is 1. The maximum Gasteiger partial charge on any atom is 0.307 e. The predicted octanol–water partition coefficient (Wildman–Crippen LogP) is 3.10. The number of fused-ring (bicyclic) bond motifs is 1. The lowest BCUT2D eigenvalue weighted by atomic mass is 9.81. The number of imide groups is 1. The van der Waals surface area contributed by atoms with E-state index < -0.39 is 5.97 Å². The highest BCUT2D eigenvalue weighted by Crippen LogP contribution is 2.38. The Morgan fingerprint density at radius 1 is 1.07 bits per heavy atom. The van der Waals surface area contributed by atoms with Crippen LogP contribution in [-0.2, 0) is 25.7 Å². The lowest BCUT2D eigenvalue weighted by Gasteiger charge is -2.19. The van der Waals surface area contributed by atoms with E-state index in [-0.39, 0.29) is 43.2 Å². The van der Waals surface area contributed by atoms with Gasteiger partial charge in [-0.2, -0.15) is 5.10 Å². The first-order valence-electron chi connectivity index (χ1n) is 10.6. The first kappa shape index (κ1) is 20.3. The minimum absolute atomic E-state index is 0.0157. The van der Waals surface area contributed by atoms with Crippen LogP contribution in [0.15, 0.2) is 30.3 Å². The fourth-order valence-electron chi connectivity index (χ4n) is 4.58. The Morgan fingerprint density at radius 3 is 2.33 bits per heavy atom. The van der Waals surface area contributed by atoms with Gasteiger partial charge in [0.15, 0.2) is 0 Å². The minimum atomic E-state index is -0.420. The van der Waals surface area contributed by atoms with Crippen LogP contribution >= 0.6 is 0 Å². The quantitative estimate of drug-likeness (QED) is 0.541. The van der Waals surface area contributed by atoms with Crippen LogP contribution < -0.4 is 0 Å². The third-order valence-corrected chi connectivity index (χ3v) is 6.29. The number of benzene rings is 1. The monoisotopic (exact) mass is 409 g/mol. The van der Waals surface area contributed by atoms with Crippen molar-refractivity contribution in [2.45, 2.75) is 52.6 Å². The Balaban J connectivity index is 1.34. The number of likely N-dealkylation sites (tertiary alicyclic amines) is 1. The molecular formula is C23H27N3O4. The molecule has 2 heterocycles. The second-order valence-corrected chi connectivity index (χ2v) is 8.13. The zero-order chi connectivity index (χ0) is 21.3. The number of amides is 2. The second kappa shape index (κ2) is 8.42. The third kappa shape index (κ3) is 3.76. The van der Waals surface area contributed by atoms with Crippen molar-refractivity contribution in [3.8, 4) is 5.69 Å². The molecule has 0 bridgehead atoms. The van der Waals surface area contributed by atoms with Crippen molar-refractivity contribution in [3.05, 3.63) is 47.3 Å². The molecule has 1 aromatic heterocycles. The molecule has 2 aliphatic rings. The van der Waals surface area contributed by atoms with Crippen LogP contribution in [0.5, 0.6) is 0 Å². The highest BCUT2D eigenvalue weighted by atomic mass is 16.5. The van der Waals surface area contributed by atoms with E-state index in [2.05, 4.69) is 5.10 Å². The minimum Gasteiger partial charge on any atom is -0.461 e. The second-order valence-electron chi connectivity index (χ2n) is 8.13. The molecule has 4 rings (SSSR count). The first-order valence-corrected chi connectivity index (χ1v) is 10.6. The molecule has 1 saturated carbocycles. The van der Waals surface area contributed by atoms with E-state index in [0.29, 0.717) is 0 Å². The smallest absolute Gasteiger partial charge is 0.307 e. The summed E-state index contributed by atoms with van der Waals surface area (Å²) in [6.45, 7) is 4.06. The van der Waals surface area contributed by atoms with Crippen LogP contribution in [0.2, 0.25) is 0 Å². The van der Waals surface area contributed by atoms with E-state index in [9.17, 15) is 14.4 Å². The Labute approximate surface area is 176 Å². The highest BCUT2D eigenvalue weighted by Gasteiger charge is 2.47. The molecule has 1 aliphatic carbocycles. The number of rotatable bonds is 6. The fourth-order valence-corrected chi connectivity index (χ4v) is 4.58. The van der Waals surface area contributed by atoms with Crippen LogP contribution in [0.3, 0.4) is 0 Å². The van der Waals surface area contributed by atoms with Crippen LogP contribution in [-0.4, -0.2) is 39.0 Å². The summed E-state index contributed by atoms with van der Waals surface area (Å²) in [5.41, 5.74) is 3.54. The summed E-state index contributed by atoms with van der Waals surface area (Å²) in [5.74, 6) is -1.02. The topological polar surface area (TPSA) is 81.5 Å². The molecule has 2 atom stereocenters. The molecule has 7 nitrogen and oxygen atoms in total. The maximum atomic E-state index is 12.5. The van der Waals surface area contributed by atoms with E-state index in [4.69, 9.17) is 4.74 Å². The molecule has 7 heteroatoms. The van der Waals surface area contributed by atoms with Crippen molar-refractivity contribution >= 4 is 17.8 Å². The number of para-hydroxylation sites is 1. The van der Waals surface area contributed by atoms with Gasteiger partial charge in [-0.05, 0) is 38.8 Å². The van der Waals surface area contributed by atoms with E-state index in [1.165, 1.54) is 4.90 Å². The zero-order valence-corrected chi connectivity index (χ0v) is 17.5. The van der Waals surface area contributed by atoms with Gasteiger partial charge in [-0.3, -0.25) is 19.3 Å². The highest BCUT2D eigenvalue weighted by molar-refractivity contribution is 6.05. The van der Waals surface area contributed by atoms with E-state index >= 15 is 0 Å². The number of hydrogen-bond donors (Lipinski definition) is 0. The molecule has 0 spiro atoms. The molecular weight excluding hydrogens is 382 g/mol. The molecule has 1 aliphatic heterocycles. The van der Waals surface area contributed by atoms with Crippen molar-refractivity contribution in [1.82, 2.24) is 14.7 Å². The van der Waals surface area contributed by atoms with E-state index in [0.717, 1.165) is 48.3 Å². The average molecular weight is 409 g/mol. The predicted molar refractivity (Wildman–Crippen MR) is 110 cm³/mol. The summed E-state index contributed by atoms with van der Waals surface area (Å²) >= 11 is 0. The molecule has 158 valence electrons. The Kier molecular flexibility index (Phi) is 5.70. The summed E-state index contributed by atoms with van der Waals surface area (Å²) < 4.78 is 7.28. The Morgan fingerprint density at radius 2 is 1.70 bits per heavy atom. The lowest BCUT2D eigenvalue weighted by molar-refractivity contribution is -0.146. The Hall–Kier alpha value is -2.96. The van der Waals surface area contributed by atoms with Gasteiger partial charge in [-0.25, -0.2) is 4.68 Å². The van der Waals surface area contributed by atoms with Crippen molar-refractivity contribution in [2.24, 2.45) is 11.8 Å². The first-order chi connectivity index (χ1) is 14.5. The maximum absolute atomic E-state index is 12.5. The Bertz CT molecular complexity index is 942. The molecule has 1 aromatic carbocycles. The standard InChI is InChI=1S/C23H27N3O4/c1-15-20(16(2)26(24-15)17-8-4-3-5-9-17)14-30-21(27)12-13-25-22(28)18-10-6-7-11-19(18)23(25)29/h3-5,8-9,18-19H,6-7,10-14H2,1-2H3/t18-,19-/m1/s1. The molecule has 2 aromatic rings. The van der Waals surface area contributed by atoms with Gasteiger partial charge in [0.05, 0.1) is 29.6 Å². The molecule has 0 radical (unpaired) electrons. The van der Waals surface area contributed by atoms with Gasteiger partial charge in [-0.15, -0.1) is 0 Å². The van der Waals surface area contributed by atoms with Crippen LogP contribution in [0.1, 0.15) is 49.1 Å². The number of carbonyl (C=O) groups is 3.